The van der Waals surface area contributed by atoms with Crippen LogP contribution in [0.25, 0.3) is 0 Å². The van der Waals surface area contributed by atoms with E-state index in [0.717, 1.165) is 12.1 Å². The summed E-state index contributed by atoms with van der Waals surface area (Å²) >= 11 is 5.83. The summed E-state index contributed by atoms with van der Waals surface area (Å²) in [5.74, 6) is -4.14. The van der Waals surface area contributed by atoms with Crippen LogP contribution in [0.4, 0.5) is 8.78 Å². The molecule has 204 valence electrons. The molecular formula is C25H26ClF2N3O6S. The van der Waals surface area contributed by atoms with Gasteiger partial charge in [0.25, 0.3) is 0 Å². The molecule has 3 fully saturated rings. The summed E-state index contributed by atoms with van der Waals surface area (Å²) in [7, 11) is -2.21. The Morgan fingerprint density at radius 1 is 1.16 bits per heavy atom. The van der Waals surface area contributed by atoms with Gasteiger partial charge < -0.3 is 19.5 Å². The fourth-order valence-electron chi connectivity index (χ4n) is 5.20. The number of hydrogen-bond donors (Lipinski definition) is 1. The predicted octanol–water partition coefficient (Wildman–Crippen LogP) is 2.90. The second kappa shape index (κ2) is 10.9. The Kier molecular flexibility index (Phi) is 7.70. The quantitative estimate of drug-likeness (QED) is 0.547. The molecule has 3 unspecified atom stereocenters. The number of fused-ring (bicyclic) bond motifs is 2. The number of likely N-dealkylation sites (tertiary alicyclic amines) is 1. The van der Waals surface area contributed by atoms with E-state index in [9.17, 15) is 27.7 Å². The number of ether oxygens (including phenoxy) is 2. The van der Waals surface area contributed by atoms with Crippen LogP contribution in [0.5, 0.6) is 11.5 Å². The highest BCUT2D eigenvalue weighted by molar-refractivity contribution is 7.82. The van der Waals surface area contributed by atoms with E-state index in [1.54, 1.807) is 0 Å². The SMILES string of the molecule is O=C(CN1CCOCC1)N1CC2CCC(C(=O)O)(C1)N2S(=O)c1cc(F)c(Oc2ccc(Cl)cc2)c(F)c1. The molecule has 13 heteroatoms. The lowest BCUT2D eigenvalue weighted by Crippen LogP contribution is -2.66. The maximum absolute atomic E-state index is 14.9. The van der Waals surface area contributed by atoms with Crippen molar-refractivity contribution < 1.29 is 37.2 Å². The summed E-state index contributed by atoms with van der Waals surface area (Å²) in [6.07, 6.45) is 0.533. The number of aliphatic carboxylic acids is 1. The molecule has 5 rings (SSSR count). The maximum Gasteiger partial charge on any atom is 0.326 e. The van der Waals surface area contributed by atoms with E-state index in [0.29, 0.717) is 37.7 Å². The van der Waals surface area contributed by atoms with Crippen LogP contribution in [0.1, 0.15) is 12.8 Å². The van der Waals surface area contributed by atoms with E-state index < -0.39 is 45.9 Å². The number of rotatable bonds is 7. The van der Waals surface area contributed by atoms with Crippen molar-refractivity contribution >= 4 is 34.5 Å². The van der Waals surface area contributed by atoms with Crippen LogP contribution in [0, 0.1) is 11.6 Å². The molecule has 1 amide bonds. The average molecular weight is 570 g/mol. The molecule has 2 bridgehead atoms. The van der Waals surface area contributed by atoms with Gasteiger partial charge in [-0.2, -0.15) is 4.31 Å². The molecule has 3 aliphatic heterocycles. The molecule has 38 heavy (non-hydrogen) atoms. The molecule has 0 radical (unpaired) electrons. The monoisotopic (exact) mass is 569 g/mol. The predicted molar refractivity (Wildman–Crippen MR) is 133 cm³/mol. The molecule has 9 nitrogen and oxygen atoms in total. The molecule has 0 aromatic heterocycles. The third-order valence-corrected chi connectivity index (χ3v) is 9.02. The second-order valence-corrected chi connectivity index (χ2v) is 11.3. The first-order chi connectivity index (χ1) is 18.2. The van der Waals surface area contributed by atoms with Crippen LogP contribution >= 0.6 is 11.6 Å². The van der Waals surface area contributed by atoms with Gasteiger partial charge >= 0.3 is 5.97 Å². The zero-order chi connectivity index (χ0) is 27.0. The van der Waals surface area contributed by atoms with Crippen molar-refractivity contribution in [1.82, 2.24) is 14.1 Å². The van der Waals surface area contributed by atoms with E-state index in [-0.39, 0.29) is 42.6 Å². The molecule has 3 aliphatic rings. The van der Waals surface area contributed by atoms with Gasteiger partial charge in [-0.05, 0) is 49.2 Å². The Hall–Kier alpha value is -2.64. The standard InChI is InChI=1S/C25H26ClF2N3O6S/c26-16-1-3-18(4-2-16)37-23-20(27)11-19(12-21(23)28)38(35)31-17-5-6-25(31,24(33)34)15-30(13-17)22(32)14-29-7-9-36-10-8-29/h1-4,11-12,17H,5-10,13-15H2,(H,33,34). The van der Waals surface area contributed by atoms with E-state index in [1.165, 1.54) is 33.5 Å². The summed E-state index contributed by atoms with van der Waals surface area (Å²) in [6.45, 7) is 2.41. The minimum atomic E-state index is -2.21. The van der Waals surface area contributed by atoms with Gasteiger partial charge in [0.15, 0.2) is 17.4 Å². The normalized spacial score (nSPS) is 24.8. The van der Waals surface area contributed by atoms with Crippen molar-refractivity contribution in [2.24, 2.45) is 0 Å². The fourth-order valence-corrected chi connectivity index (χ4v) is 6.95. The number of nitrogens with zero attached hydrogens (tertiary/aromatic N) is 3. The first-order valence-electron chi connectivity index (χ1n) is 12.1. The van der Waals surface area contributed by atoms with Crippen LogP contribution in [-0.2, 0) is 25.3 Å². The third kappa shape index (κ3) is 5.15. The number of carboxylic acids is 1. The van der Waals surface area contributed by atoms with E-state index in [4.69, 9.17) is 21.1 Å². The number of hydrogen-bond acceptors (Lipinski definition) is 6. The zero-order valence-electron chi connectivity index (χ0n) is 20.3. The van der Waals surface area contributed by atoms with Crippen molar-refractivity contribution in [3.05, 3.63) is 53.1 Å². The van der Waals surface area contributed by atoms with Gasteiger partial charge in [0.2, 0.25) is 5.91 Å². The minimum absolute atomic E-state index is 0.139. The first kappa shape index (κ1) is 26.9. The number of benzene rings is 2. The lowest BCUT2D eigenvalue weighted by molar-refractivity contribution is -0.153. The van der Waals surface area contributed by atoms with E-state index in [1.807, 2.05) is 4.90 Å². The van der Waals surface area contributed by atoms with Gasteiger partial charge in [0, 0.05) is 30.7 Å². The summed E-state index contributed by atoms with van der Waals surface area (Å²) in [5.41, 5.74) is -1.64. The van der Waals surface area contributed by atoms with E-state index in [2.05, 4.69) is 0 Å². The summed E-state index contributed by atoms with van der Waals surface area (Å²) in [6, 6.07) is 7.11. The number of amides is 1. The number of piperazine rings is 1. The van der Waals surface area contributed by atoms with Gasteiger partial charge in [-0.25, -0.2) is 13.0 Å². The topological polar surface area (TPSA) is 99.6 Å². The second-order valence-electron chi connectivity index (χ2n) is 9.54. The summed E-state index contributed by atoms with van der Waals surface area (Å²) < 4.78 is 55.4. The molecule has 0 saturated carbocycles. The molecule has 3 saturated heterocycles. The molecule has 3 heterocycles. The Bertz CT molecular complexity index is 1240. The molecule has 2 aromatic carbocycles. The van der Waals surface area contributed by atoms with Crippen molar-refractivity contribution in [2.45, 2.75) is 29.3 Å². The number of morpholine rings is 1. The molecular weight excluding hydrogens is 544 g/mol. The Balaban J connectivity index is 1.36. The maximum atomic E-state index is 14.9. The third-order valence-electron chi connectivity index (χ3n) is 7.13. The van der Waals surface area contributed by atoms with Gasteiger partial charge in [-0.3, -0.25) is 14.5 Å². The molecule has 0 aliphatic carbocycles. The van der Waals surface area contributed by atoms with Crippen molar-refractivity contribution in [3.8, 4) is 11.5 Å². The highest BCUT2D eigenvalue weighted by atomic mass is 35.5. The van der Waals surface area contributed by atoms with Gasteiger partial charge in [-0.15, -0.1) is 0 Å². The highest BCUT2D eigenvalue weighted by Crippen LogP contribution is 2.43. The Morgan fingerprint density at radius 3 is 2.45 bits per heavy atom. The average Bonchev–Trinajstić information content (AvgIpc) is 3.13. The van der Waals surface area contributed by atoms with E-state index >= 15 is 0 Å². The van der Waals surface area contributed by atoms with Crippen LogP contribution in [0.3, 0.4) is 0 Å². The number of halogens is 3. The van der Waals surface area contributed by atoms with Crippen molar-refractivity contribution in [3.63, 3.8) is 0 Å². The molecule has 2 aromatic rings. The molecule has 3 atom stereocenters. The van der Waals surface area contributed by atoms with Crippen LogP contribution in [0.2, 0.25) is 5.02 Å². The van der Waals surface area contributed by atoms with Crippen LogP contribution < -0.4 is 4.74 Å². The molecule has 1 N–H and O–H groups in total. The highest BCUT2D eigenvalue weighted by Gasteiger charge is 2.59. The van der Waals surface area contributed by atoms with Crippen LogP contribution in [0.15, 0.2) is 41.3 Å². The largest absolute Gasteiger partial charge is 0.480 e. The first-order valence-corrected chi connectivity index (χ1v) is 13.6. The van der Waals surface area contributed by atoms with Gasteiger partial charge in [0.05, 0.1) is 31.2 Å². The smallest absolute Gasteiger partial charge is 0.326 e. The lowest BCUT2D eigenvalue weighted by atomic mass is 9.97. The van der Waals surface area contributed by atoms with Gasteiger partial charge in [0.1, 0.15) is 22.3 Å². The number of carbonyl (C=O) groups excluding carboxylic acids is 1. The number of carbonyl (C=O) groups is 2. The number of carboxylic acid groups (broad SMARTS) is 1. The Morgan fingerprint density at radius 2 is 1.82 bits per heavy atom. The minimum Gasteiger partial charge on any atom is -0.480 e. The zero-order valence-corrected chi connectivity index (χ0v) is 21.9. The summed E-state index contributed by atoms with van der Waals surface area (Å²) in [5, 5.41) is 10.6. The van der Waals surface area contributed by atoms with Crippen LogP contribution in [-0.4, -0.2) is 92.8 Å². The lowest BCUT2D eigenvalue weighted by Gasteiger charge is -2.45. The fraction of sp³-hybridized carbons (Fsp3) is 0.440. The Labute approximate surface area is 225 Å². The van der Waals surface area contributed by atoms with Gasteiger partial charge in [-0.1, -0.05) is 11.6 Å². The summed E-state index contributed by atoms with van der Waals surface area (Å²) in [4.78, 5) is 28.8. The molecule has 0 spiro atoms. The van der Waals surface area contributed by atoms with Crippen molar-refractivity contribution in [1.29, 1.82) is 0 Å². The van der Waals surface area contributed by atoms with Crippen molar-refractivity contribution in [2.75, 3.05) is 45.9 Å².